The van der Waals surface area contributed by atoms with E-state index in [0.717, 1.165) is 11.0 Å². The van der Waals surface area contributed by atoms with Gasteiger partial charge in [-0.2, -0.15) is 0 Å². The number of hydrogen-bond donors (Lipinski definition) is 2. The van der Waals surface area contributed by atoms with Crippen LogP contribution in [-0.2, 0) is 9.59 Å². The molecule has 1 saturated heterocycles. The Hall–Kier alpha value is -3.92. The van der Waals surface area contributed by atoms with Gasteiger partial charge in [0.2, 0.25) is 0 Å². The van der Waals surface area contributed by atoms with Gasteiger partial charge in [0.25, 0.3) is 17.5 Å². The van der Waals surface area contributed by atoms with Gasteiger partial charge >= 0.3 is 6.03 Å². The Labute approximate surface area is 181 Å². The average molecular weight is 442 g/mol. The van der Waals surface area contributed by atoms with Gasteiger partial charge < -0.3 is 15.5 Å². The van der Waals surface area contributed by atoms with E-state index in [-0.39, 0.29) is 22.0 Å². The molecule has 2 atom stereocenters. The van der Waals surface area contributed by atoms with Crippen LogP contribution in [0.25, 0.3) is 0 Å². The molecule has 0 radical (unpaired) electrons. The number of anilines is 2. The van der Waals surface area contributed by atoms with Crippen LogP contribution in [0.1, 0.15) is 0 Å². The number of fused-ring (bicyclic) bond motifs is 1. The largest absolute Gasteiger partial charge is 0.366 e. The Morgan fingerprint density at radius 1 is 1.19 bits per heavy atom. The van der Waals surface area contributed by atoms with Crippen molar-refractivity contribution < 1.29 is 19.3 Å². The van der Waals surface area contributed by atoms with Crippen LogP contribution in [-0.4, -0.2) is 46.8 Å². The Bertz CT molecular complexity index is 1140. The number of benzene rings is 2. The van der Waals surface area contributed by atoms with Gasteiger partial charge in [0.15, 0.2) is 0 Å². The summed E-state index contributed by atoms with van der Waals surface area (Å²) in [6.07, 6.45) is 1.47. The van der Waals surface area contributed by atoms with Crippen LogP contribution in [0.15, 0.2) is 60.3 Å². The van der Waals surface area contributed by atoms with Gasteiger partial charge in [-0.05, 0) is 24.3 Å². The number of likely N-dealkylation sites (N-methyl/N-ethyl adjacent to an activating group) is 1. The quantitative estimate of drug-likeness (QED) is 0.554. The molecular formula is C20H16ClN5O5. The third-order valence-electron chi connectivity index (χ3n) is 5.07. The fourth-order valence-electron chi connectivity index (χ4n) is 3.64. The summed E-state index contributed by atoms with van der Waals surface area (Å²) < 4.78 is 0. The lowest BCUT2D eigenvalue weighted by molar-refractivity contribution is -0.384. The number of nitrogens with one attached hydrogen (secondary N) is 2. The molecule has 4 rings (SSSR count). The molecule has 31 heavy (non-hydrogen) atoms. The highest BCUT2D eigenvalue weighted by atomic mass is 35.5. The summed E-state index contributed by atoms with van der Waals surface area (Å²) in [7, 11) is 1.63. The number of carbonyl (C=O) groups is 3. The van der Waals surface area contributed by atoms with E-state index in [0.29, 0.717) is 5.69 Å². The molecule has 0 aliphatic carbocycles. The maximum Gasteiger partial charge on any atom is 0.329 e. The molecular weight excluding hydrogens is 426 g/mol. The second kappa shape index (κ2) is 7.73. The lowest BCUT2D eigenvalue weighted by atomic mass is 9.99. The van der Waals surface area contributed by atoms with Crippen LogP contribution >= 0.6 is 11.6 Å². The predicted octanol–water partition coefficient (Wildman–Crippen LogP) is 2.51. The van der Waals surface area contributed by atoms with Gasteiger partial charge in [-0.1, -0.05) is 29.8 Å². The Kier molecular flexibility index (Phi) is 5.07. The number of hydrogen-bond acceptors (Lipinski definition) is 6. The number of rotatable bonds is 4. The van der Waals surface area contributed by atoms with Gasteiger partial charge in [-0.15, -0.1) is 0 Å². The summed E-state index contributed by atoms with van der Waals surface area (Å²) in [4.78, 5) is 51.6. The molecule has 4 amide bonds. The minimum absolute atomic E-state index is 0.0611. The van der Waals surface area contributed by atoms with E-state index in [2.05, 4.69) is 10.6 Å². The van der Waals surface area contributed by atoms with Crippen molar-refractivity contribution in [3.05, 3.63) is 75.4 Å². The second-order valence-electron chi connectivity index (χ2n) is 7.01. The fraction of sp³-hybridized carbons (Fsp3) is 0.150. The van der Waals surface area contributed by atoms with E-state index >= 15 is 0 Å². The van der Waals surface area contributed by atoms with E-state index in [1.54, 1.807) is 42.3 Å². The maximum atomic E-state index is 13.1. The molecule has 2 N–H and O–H groups in total. The zero-order chi connectivity index (χ0) is 22.3. The summed E-state index contributed by atoms with van der Waals surface area (Å²) in [5, 5.41) is 16.3. The van der Waals surface area contributed by atoms with Gasteiger partial charge in [0.1, 0.15) is 11.1 Å². The van der Waals surface area contributed by atoms with Gasteiger partial charge in [0.05, 0.1) is 22.2 Å². The molecule has 11 heteroatoms. The van der Waals surface area contributed by atoms with Crippen LogP contribution in [0.2, 0.25) is 5.02 Å². The molecule has 2 heterocycles. The van der Waals surface area contributed by atoms with Crippen LogP contribution in [0.3, 0.4) is 0 Å². The first-order valence-electron chi connectivity index (χ1n) is 9.16. The number of amides is 4. The molecule has 0 spiro atoms. The van der Waals surface area contributed by atoms with Crippen molar-refractivity contribution in [2.75, 3.05) is 17.3 Å². The van der Waals surface area contributed by atoms with Crippen molar-refractivity contribution in [1.82, 2.24) is 10.2 Å². The molecule has 10 nitrogen and oxygen atoms in total. The number of carbonyl (C=O) groups excluding carboxylic acids is 3. The smallest absolute Gasteiger partial charge is 0.329 e. The van der Waals surface area contributed by atoms with Crippen molar-refractivity contribution >= 4 is 46.5 Å². The van der Waals surface area contributed by atoms with Crippen molar-refractivity contribution in [3.8, 4) is 0 Å². The zero-order valence-corrected chi connectivity index (χ0v) is 16.9. The summed E-state index contributed by atoms with van der Waals surface area (Å²) in [5.74, 6) is -1.07. The normalized spacial score (nSPS) is 20.1. The molecule has 2 aromatic rings. The monoisotopic (exact) mass is 441 g/mol. The molecule has 0 saturated carbocycles. The first kappa shape index (κ1) is 20.4. The van der Waals surface area contributed by atoms with Crippen molar-refractivity contribution in [3.63, 3.8) is 0 Å². The van der Waals surface area contributed by atoms with E-state index in [1.165, 1.54) is 18.3 Å². The molecule has 0 aromatic heterocycles. The average Bonchev–Trinajstić information content (AvgIpc) is 3.06. The van der Waals surface area contributed by atoms with Crippen molar-refractivity contribution in [2.45, 2.75) is 12.1 Å². The lowest BCUT2D eigenvalue weighted by Crippen LogP contribution is -2.65. The molecule has 158 valence electrons. The molecule has 2 aliphatic rings. The highest BCUT2D eigenvalue weighted by molar-refractivity contribution is 6.32. The number of nitro benzene ring substituents is 1. The third kappa shape index (κ3) is 3.57. The minimum Gasteiger partial charge on any atom is -0.366 e. The Morgan fingerprint density at radius 2 is 1.90 bits per heavy atom. The highest BCUT2D eigenvalue weighted by Crippen LogP contribution is 2.31. The first-order chi connectivity index (χ1) is 14.8. The molecule has 1 fully saturated rings. The van der Waals surface area contributed by atoms with Crippen molar-refractivity contribution in [2.24, 2.45) is 0 Å². The number of urea groups is 1. The molecule has 2 unspecified atom stereocenters. The second-order valence-corrected chi connectivity index (χ2v) is 7.42. The summed E-state index contributed by atoms with van der Waals surface area (Å²) >= 11 is 5.80. The number of halogens is 1. The molecule has 2 aromatic carbocycles. The van der Waals surface area contributed by atoms with Crippen LogP contribution in [0, 0.1) is 10.1 Å². The number of nitrogens with zero attached hydrogens (tertiary/aromatic N) is 3. The van der Waals surface area contributed by atoms with E-state index in [1.807, 2.05) is 0 Å². The minimum atomic E-state index is -0.868. The maximum absolute atomic E-state index is 13.1. The standard InChI is InChI=1S/C20H16ClN5O5/c1-24-10-13(18(27)22-11-7-8-14(21)15(9-11)26(30)31)16-17(24)19(28)25(20(29)23-16)12-5-3-2-4-6-12/h2-10,16-17H,1H3,(H,22,27)(H,23,29). The summed E-state index contributed by atoms with van der Waals surface area (Å²) in [6, 6.07) is 10.0. The number of para-hydroxylation sites is 1. The van der Waals surface area contributed by atoms with Crippen LogP contribution in [0.4, 0.5) is 21.9 Å². The number of nitro groups is 1. The molecule has 0 bridgehead atoms. The topological polar surface area (TPSA) is 125 Å². The Balaban J connectivity index is 1.57. The van der Waals surface area contributed by atoms with Crippen LogP contribution in [0.5, 0.6) is 0 Å². The highest BCUT2D eigenvalue weighted by Gasteiger charge is 2.49. The van der Waals surface area contributed by atoms with Crippen LogP contribution < -0.4 is 15.5 Å². The molecule has 2 aliphatic heterocycles. The van der Waals surface area contributed by atoms with E-state index in [4.69, 9.17) is 11.6 Å². The number of imide groups is 1. The van der Waals surface area contributed by atoms with E-state index < -0.39 is 34.9 Å². The SMILES string of the molecule is CN1C=C(C(=O)Nc2ccc(Cl)c([N+](=O)[O-])c2)C2NC(=O)N(c3ccccc3)C(=O)C21. The predicted molar refractivity (Wildman–Crippen MR) is 113 cm³/mol. The van der Waals surface area contributed by atoms with E-state index in [9.17, 15) is 24.5 Å². The van der Waals surface area contributed by atoms with Gasteiger partial charge in [-0.25, -0.2) is 9.69 Å². The Morgan fingerprint density at radius 3 is 2.58 bits per heavy atom. The lowest BCUT2D eigenvalue weighted by Gasteiger charge is -2.37. The zero-order valence-electron chi connectivity index (χ0n) is 16.1. The van der Waals surface area contributed by atoms with Crippen molar-refractivity contribution in [1.29, 1.82) is 0 Å². The van der Waals surface area contributed by atoms with Gasteiger partial charge in [-0.3, -0.25) is 19.7 Å². The summed E-state index contributed by atoms with van der Waals surface area (Å²) in [5.41, 5.74) is 0.379. The third-order valence-corrected chi connectivity index (χ3v) is 5.38. The first-order valence-corrected chi connectivity index (χ1v) is 9.54. The summed E-state index contributed by atoms with van der Waals surface area (Å²) in [6.45, 7) is 0. The fourth-order valence-corrected chi connectivity index (χ4v) is 3.83. The van der Waals surface area contributed by atoms with Gasteiger partial charge in [0, 0.05) is 25.0 Å².